The van der Waals surface area contributed by atoms with Crippen molar-refractivity contribution in [1.82, 2.24) is 5.32 Å². The van der Waals surface area contributed by atoms with E-state index in [0.717, 1.165) is 4.90 Å². The summed E-state index contributed by atoms with van der Waals surface area (Å²) in [5.41, 5.74) is 0.872. The predicted octanol–water partition coefficient (Wildman–Crippen LogP) is 5.55. The van der Waals surface area contributed by atoms with E-state index in [2.05, 4.69) is 5.32 Å². The number of nitro benzene ring substituents is 1. The number of anilines is 1. The number of urea groups is 1. The molecule has 1 heterocycles. The number of barbiturate groups is 1. The van der Waals surface area contributed by atoms with Gasteiger partial charge >= 0.3 is 6.03 Å². The second-order valence-electron chi connectivity index (χ2n) is 7.91. The summed E-state index contributed by atoms with van der Waals surface area (Å²) in [5.74, 6) is -0.978. The van der Waals surface area contributed by atoms with Crippen molar-refractivity contribution in [3.05, 3.63) is 97.5 Å². The van der Waals surface area contributed by atoms with E-state index in [1.807, 2.05) is 6.92 Å². The quantitative estimate of drug-likeness (QED) is 0.167. The lowest BCUT2D eigenvalue weighted by Crippen LogP contribution is -2.54. The third-order valence-electron chi connectivity index (χ3n) is 5.37. The minimum atomic E-state index is -0.882. The van der Waals surface area contributed by atoms with Gasteiger partial charge in [-0.2, -0.15) is 0 Å². The largest absolute Gasteiger partial charge is 0.494 e. The molecule has 3 aromatic rings. The first kappa shape index (κ1) is 26.6. The number of ether oxygens (including phenoxy) is 2. The van der Waals surface area contributed by atoms with Gasteiger partial charge in [0.1, 0.15) is 17.9 Å². The molecule has 4 rings (SSSR count). The first-order chi connectivity index (χ1) is 18.2. The minimum absolute atomic E-state index is 0.0396. The molecule has 1 aliphatic heterocycles. The van der Waals surface area contributed by atoms with E-state index in [9.17, 15) is 24.5 Å². The van der Waals surface area contributed by atoms with Crippen LogP contribution in [0.5, 0.6) is 11.5 Å². The molecule has 194 valence electrons. The van der Waals surface area contributed by atoms with Crippen LogP contribution in [-0.2, 0) is 16.2 Å². The SMILES string of the molecule is CCOc1ccc(N2C(=O)NC(=O)/C(=C\c3cc(Cl)c(OCc4ccc([N+](=O)[O-])cc4)c(Cl)c3)C2=O)cc1. The molecule has 0 spiro atoms. The lowest BCUT2D eigenvalue weighted by molar-refractivity contribution is -0.384. The maximum atomic E-state index is 13.1. The number of nitrogens with zero attached hydrogens (tertiary/aromatic N) is 2. The topological polar surface area (TPSA) is 128 Å². The third kappa shape index (κ3) is 5.77. The van der Waals surface area contributed by atoms with Crippen molar-refractivity contribution >= 4 is 58.5 Å². The Morgan fingerprint density at radius 3 is 2.18 bits per heavy atom. The highest BCUT2D eigenvalue weighted by Gasteiger charge is 2.36. The van der Waals surface area contributed by atoms with Crippen LogP contribution in [0.3, 0.4) is 0 Å². The van der Waals surface area contributed by atoms with Gasteiger partial charge in [0.2, 0.25) is 0 Å². The zero-order valence-corrected chi connectivity index (χ0v) is 21.3. The van der Waals surface area contributed by atoms with Crippen LogP contribution in [0.4, 0.5) is 16.2 Å². The highest BCUT2D eigenvalue weighted by atomic mass is 35.5. The van der Waals surface area contributed by atoms with Gasteiger partial charge in [0, 0.05) is 12.1 Å². The van der Waals surface area contributed by atoms with Crippen molar-refractivity contribution in [3.63, 3.8) is 0 Å². The monoisotopic (exact) mass is 555 g/mol. The van der Waals surface area contributed by atoms with Crippen LogP contribution in [0.2, 0.25) is 10.0 Å². The van der Waals surface area contributed by atoms with Crippen molar-refractivity contribution in [2.24, 2.45) is 0 Å². The number of nitro groups is 1. The van der Waals surface area contributed by atoms with Crippen LogP contribution in [0.15, 0.2) is 66.2 Å². The molecule has 0 radical (unpaired) electrons. The first-order valence-electron chi connectivity index (χ1n) is 11.2. The number of non-ortho nitro benzene ring substituents is 1. The van der Waals surface area contributed by atoms with Crippen molar-refractivity contribution in [1.29, 1.82) is 0 Å². The fraction of sp³-hybridized carbons (Fsp3) is 0.115. The Bertz CT molecular complexity index is 1430. The van der Waals surface area contributed by atoms with E-state index in [-0.39, 0.29) is 39.3 Å². The number of rotatable bonds is 8. The summed E-state index contributed by atoms with van der Waals surface area (Å²) in [6.45, 7) is 2.32. The Kier molecular flexibility index (Phi) is 7.94. The number of imide groups is 2. The van der Waals surface area contributed by atoms with Crippen molar-refractivity contribution < 1.29 is 28.8 Å². The van der Waals surface area contributed by atoms with Crippen LogP contribution >= 0.6 is 23.2 Å². The second kappa shape index (κ2) is 11.3. The van der Waals surface area contributed by atoms with Crippen molar-refractivity contribution in [2.75, 3.05) is 11.5 Å². The molecule has 0 atom stereocenters. The molecule has 0 aliphatic carbocycles. The van der Waals surface area contributed by atoms with Crippen LogP contribution in [0.25, 0.3) is 6.08 Å². The summed E-state index contributed by atoms with van der Waals surface area (Å²) in [4.78, 5) is 49.2. The molecule has 0 bridgehead atoms. The molecule has 1 aliphatic rings. The molecular weight excluding hydrogens is 537 g/mol. The van der Waals surface area contributed by atoms with E-state index >= 15 is 0 Å². The van der Waals surface area contributed by atoms with E-state index in [1.165, 1.54) is 42.5 Å². The number of benzene rings is 3. The lowest BCUT2D eigenvalue weighted by Gasteiger charge is -2.26. The van der Waals surface area contributed by atoms with Crippen molar-refractivity contribution in [3.8, 4) is 11.5 Å². The molecule has 10 nitrogen and oxygen atoms in total. The Labute approximate surface area is 226 Å². The summed E-state index contributed by atoms with van der Waals surface area (Å²) in [5, 5.41) is 13.2. The molecule has 1 N–H and O–H groups in total. The predicted molar refractivity (Wildman–Crippen MR) is 141 cm³/mol. The number of carbonyl (C=O) groups is 3. The molecule has 0 aromatic heterocycles. The van der Waals surface area contributed by atoms with Gasteiger partial charge in [-0.3, -0.25) is 25.0 Å². The van der Waals surface area contributed by atoms with Crippen LogP contribution in [-0.4, -0.2) is 29.4 Å². The van der Waals surface area contributed by atoms with E-state index in [4.69, 9.17) is 32.7 Å². The number of amides is 4. The zero-order valence-electron chi connectivity index (χ0n) is 19.8. The minimum Gasteiger partial charge on any atom is -0.494 e. The van der Waals surface area contributed by atoms with Gasteiger partial charge in [-0.1, -0.05) is 23.2 Å². The van der Waals surface area contributed by atoms with Crippen LogP contribution in [0.1, 0.15) is 18.1 Å². The number of hydrogen-bond donors (Lipinski definition) is 1. The number of halogens is 2. The van der Waals surface area contributed by atoms with Gasteiger partial charge in [0.15, 0.2) is 5.75 Å². The molecule has 4 amide bonds. The Balaban J connectivity index is 1.55. The Hall–Kier alpha value is -4.41. The molecule has 0 saturated carbocycles. The highest BCUT2D eigenvalue weighted by Crippen LogP contribution is 2.36. The molecule has 12 heteroatoms. The van der Waals surface area contributed by atoms with Crippen molar-refractivity contribution in [2.45, 2.75) is 13.5 Å². The van der Waals surface area contributed by atoms with E-state index in [0.29, 0.717) is 23.5 Å². The fourth-order valence-corrected chi connectivity index (χ4v) is 4.20. The number of hydrogen-bond acceptors (Lipinski definition) is 7. The average molecular weight is 556 g/mol. The van der Waals surface area contributed by atoms with Gasteiger partial charge < -0.3 is 9.47 Å². The Morgan fingerprint density at radius 1 is 0.974 bits per heavy atom. The maximum Gasteiger partial charge on any atom is 0.335 e. The Morgan fingerprint density at radius 2 is 1.61 bits per heavy atom. The molecule has 38 heavy (non-hydrogen) atoms. The van der Waals surface area contributed by atoms with E-state index < -0.39 is 22.8 Å². The number of nitrogens with one attached hydrogen (secondary N) is 1. The first-order valence-corrected chi connectivity index (χ1v) is 11.9. The van der Waals surface area contributed by atoms with Gasteiger partial charge in [0.25, 0.3) is 17.5 Å². The lowest BCUT2D eigenvalue weighted by atomic mass is 10.1. The molecular formula is C26H19Cl2N3O7. The molecule has 1 fully saturated rings. The van der Waals surface area contributed by atoms with Crippen LogP contribution < -0.4 is 19.7 Å². The highest BCUT2D eigenvalue weighted by molar-refractivity contribution is 6.40. The molecule has 0 unspecified atom stereocenters. The zero-order chi connectivity index (χ0) is 27.4. The fourth-order valence-electron chi connectivity index (χ4n) is 3.59. The third-order valence-corrected chi connectivity index (χ3v) is 5.93. The van der Waals surface area contributed by atoms with Gasteiger partial charge in [-0.05, 0) is 72.7 Å². The van der Waals surface area contributed by atoms with Gasteiger partial charge in [-0.25, -0.2) is 9.69 Å². The second-order valence-corrected chi connectivity index (χ2v) is 8.73. The van der Waals surface area contributed by atoms with Crippen LogP contribution in [0, 0.1) is 10.1 Å². The number of carbonyl (C=O) groups excluding carboxylic acids is 3. The van der Waals surface area contributed by atoms with Gasteiger partial charge in [-0.15, -0.1) is 0 Å². The summed E-state index contributed by atoms with van der Waals surface area (Å²) < 4.78 is 11.1. The summed E-state index contributed by atoms with van der Waals surface area (Å²) in [7, 11) is 0. The summed E-state index contributed by atoms with van der Waals surface area (Å²) >= 11 is 12.7. The summed E-state index contributed by atoms with van der Waals surface area (Å²) in [6.07, 6.45) is 1.27. The standard InChI is InChI=1S/C26H19Cl2N3O7/c1-2-37-19-9-7-17(8-10-19)30-25(33)20(24(32)29-26(30)34)11-16-12-21(27)23(22(28)13-16)38-14-15-3-5-18(6-4-15)31(35)36/h3-13H,2,14H2,1H3,(H,29,32,34)/b20-11+. The molecule has 1 saturated heterocycles. The summed E-state index contributed by atoms with van der Waals surface area (Å²) in [6, 6.07) is 14.1. The average Bonchev–Trinajstić information content (AvgIpc) is 2.87. The maximum absolute atomic E-state index is 13.1. The van der Waals surface area contributed by atoms with E-state index in [1.54, 1.807) is 24.3 Å². The molecule has 3 aromatic carbocycles. The normalized spacial score (nSPS) is 14.4. The van der Waals surface area contributed by atoms with Gasteiger partial charge in [0.05, 0.1) is 27.3 Å². The smallest absolute Gasteiger partial charge is 0.335 e.